The zero-order chi connectivity index (χ0) is 26.0. The van der Waals surface area contributed by atoms with Crippen LogP contribution in [0.1, 0.15) is 43.4 Å². The molecule has 1 N–H and O–H groups in total. The predicted molar refractivity (Wildman–Crippen MR) is 156 cm³/mol. The maximum Gasteiger partial charge on any atom is 0.119 e. The molecule has 3 aromatic carbocycles. The summed E-state index contributed by atoms with van der Waals surface area (Å²) in [4.78, 5) is 4.81. The van der Waals surface area contributed by atoms with E-state index < -0.39 is 0 Å². The largest absolute Gasteiger partial charge is 0.489 e. The van der Waals surface area contributed by atoms with Crippen molar-refractivity contribution >= 4 is 5.69 Å². The average Bonchev–Trinajstić information content (AvgIpc) is 2.93. The molecule has 3 unspecified atom stereocenters. The summed E-state index contributed by atoms with van der Waals surface area (Å²) in [5.74, 6) is 1.45. The van der Waals surface area contributed by atoms with E-state index in [-0.39, 0.29) is 0 Å². The van der Waals surface area contributed by atoms with Gasteiger partial charge in [0.05, 0.1) is 0 Å². The van der Waals surface area contributed by atoms with Crippen LogP contribution < -0.4 is 15.0 Å². The summed E-state index contributed by atoms with van der Waals surface area (Å²) < 4.78 is 5.95. The molecule has 3 atom stereocenters. The van der Waals surface area contributed by atoms with E-state index in [0.717, 1.165) is 38.2 Å². The maximum atomic E-state index is 5.95. The minimum Gasteiger partial charge on any atom is -0.489 e. The van der Waals surface area contributed by atoms with Gasteiger partial charge in [-0.3, -0.25) is 4.90 Å². The van der Waals surface area contributed by atoms with Crippen molar-refractivity contribution in [2.24, 2.45) is 5.92 Å². The molecule has 1 aliphatic rings. The van der Waals surface area contributed by atoms with E-state index in [2.05, 4.69) is 116 Å². The normalized spacial score (nSPS) is 20.3. The molecule has 0 aliphatic carbocycles. The Kier molecular flexibility index (Phi) is 9.81. The third kappa shape index (κ3) is 7.70. The Balaban J connectivity index is 1.32. The molecule has 196 valence electrons. The van der Waals surface area contributed by atoms with E-state index in [4.69, 9.17) is 4.74 Å². The Hall–Kier alpha value is -3.08. The van der Waals surface area contributed by atoms with Crippen LogP contribution >= 0.6 is 0 Å². The van der Waals surface area contributed by atoms with Crippen LogP contribution in [0.4, 0.5) is 5.69 Å². The number of hydrogen-bond donors (Lipinski definition) is 1. The molecule has 37 heavy (non-hydrogen) atoms. The fourth-order valence-electron chi connectivity index (χ4n) is 5.16. The molecule has 0 bridgehead atoms. The van der Waals surface area contributed by atoms with Gasteiger partial charge in [-0.2, -0.15) is 0 Å². The second-order valence-corrected chi connectivity index (χ2v) is 10.4. The van der Waals surface area contributed by atoms with Gasteiger partial charge < -0.3 is 15.0 Å². The van der Waals surface area contributed by atoms with Crippen molar-refractivity contribution in [3.8, 4) is 5.75 Å². The van der Waals surface area contributed by atoms with Crippen molar-refractivity contribution in [1.29, 1.82) is 0 Å². The van der Waals surface area contributed by atoms with Gasteiger partial charge in [-0.1, -0.05) is 80.6 Å². The molecular weight excluding hydrogens is 454 g/mol. The molecule has 4 heteroatoms. The third-order valence-electron chi connectivity index (χ3n) is 7.47. The summed E-state index contributed by atoms with van der Waals surface area (Å²) in [7, 11) is 4.18. The fourth-order valence-corrected chi connectivity index (χ4v) is 5.16. The van der Waals surface area contributed by atoms with Crippen molar-refractivity contribution in [3.63, 3.8) is 0 Å². The van der Waals surface area contributed by atoms with Gasteiger partial charge in [0.25, 0.3) is 0 Å². The summed E-state index contributed by atoms with van der Waals surface area (Å²) in [6, 6.07) is 28.8. The standard InChI is InChI=1S/C33H43N3O/c1-5-6-12-33-26(2)32(21-22-36(33)24-28-13-17-30(18-14-28)35(3)4)34-23-27-15-19-31(20-16-27)37-25-29-10-8-7-9-11-29/h6-20,26,32-34H,5,21-25H2,1-4H3. The van der Waals surface area contributed by atoms with Crippen molar-refractivity contribution in [3.05, 3.63) is 108 Å². The van der Waals surface area contributed by atoms with Crippen LogP contribution in [0.3, 0.4) is 0 Å². The first kappa shape index (κ1) is 27.0. The first-order chi connectivity index (χ1) is 18.0. The van der Waals surface area contributed by atoms with Crippen LogP contribution in [0.15, 0.2) is 91.0 Å². The van der Waals surface area contributed by atoms with Crippen molar-refractivity contribution in [2.75, 3.05) is 25.5 Å². The topological polar surface area (TPSA) is 27.7 Å². The molecule has 0 aromatic heterocycles. The summed E-state index contributed by atoms with van der Waals surface area (Å²) >= 11 is 0. The van der Waals surface area contributed by atoms with E-state index in [1.165, 1.54) is 22.4 Å². The second kappa shape index (κ2) is 13.5. The van der Waals surface area contributed by atoms with E-state index in [1.54, 1.807) is 0 Å². The summed E-state index contributed by atoms with van der Waals surface area (Å²) in [6.07, 6.45) is 7.00. The summed E-state index contributed by atoms with van der Waals surface area (Å²) in [5.41, 5.74) is 5.11. The molecule has 0 saturated carbocycles. The molecule has 0 amide bonds. The van der Waals surface area contributed by atoms with Gasteiger partial charge in [-0.15, -0.1) is 0 Å². The van der Waals surface area contributed by atoms with Gasteiger partial charge in [-0.25, -0.2) is 0 Å². The number of hydrogen-bond acceptors (Lipinski definition) is 4. The second-order valence-electron chi connectivity index (χ2n) is 10.4. The molecule has 1 aliphatic heterocycles. The van der Waals surface area contributed by atoms with E-state index in [0.29, 0.717) is 24.6 Å². The van der Waals surface area contributed by atoms with Gasteiger partial charge in [0.2, 0.25) is 0 Å². The van der Waals surface area contributed by atoms with Crippen molar-refractivity contribution < 1.29 is 4.74 Å². The number of benzene rings is 3. The zero-order valence-electron chi connectivity index (χ0n) is 22.9. The lowest BCUT2D eigenvalue weighted by molar-refractivity contribution is 0.0946. The number of nitrogens with zero attached hydrogens (tertiary/aromatic N) is 2. The first-order valence-corrected chi connectivity index (χ1v) is 13.7. The van der Waals surface area contributed by atoms with Gasteiger partial charge in [0.1, 0.15) is 12.4 Å². The molecule has 1 fully saturated rings. The number of ether oxygens (including phenoxy) is 1. The number of anilines is 1. The zero-order valence-corrected chi connectivity index (χ0v) is 22.9. The number of piperidine rings is 1. The van der Waals surface area contributed by atoms with Crippen LogP contribution in [0.2, 0.25) is 0 Å². The van der Waals surface area contributed by atoms with Crippen molar-refractivity contribution in [2.45, 2.75) is 58.5 Å². The molecular formula is C33H43N3O. The molecule has 1 heterocycles. The lowest BCUT2D eigenvalue weighted by atomic mass is 9.85. The Bertz CT molecular complexity index is 1090. The van der Waals surface area contributed by atoms with Gasteiger partial charge in [0.15, 0.2) is 0 Å². The molecule has 0 radical (unpaired) electrons. The van der Waals surface area contributed by atoms with Crippen LogP contribution in [0.25, 0.3) is 0 Å². The van der Waals surface area contributed by atoms with E-state index in [1.807, 2.05) is 18.2 Å². The maximum absolute atomic E-state index is 5.95. The van der Waals surface area contributed by atoms with E-state index in [9.17, 15) is 0 Å². The smallest absolute Gasteiger partial charge is 0.119 e. The predicted octanol–water partition coefficient (Wildman–Crippen LogP) is 6.67. The molecule has 1 saturated heterocycles. The Morgan fingerprint density at radius 3 is 2.30 bits per heavy atom. The third-order valence-corrected chi connectivity index (χ3v) is 7.47. The number of nitrogens with one attached hydrogen (secondary N) is 1. The quantitative estimate of drug-likeness (QED) is 0.300. The number of allylic oxidation sites excluding steroid dienone is 1. The Morgan fingerprint density at radius 2 is 1.62 bits per heavy atom. The minimum absolute atomic E-state index is 0.438. The highest BCUT2D eigenvalue weighted by molar-refractivity contribution is 5.46. The monoisotopic (exact) mass is 497 g/mol. The molecule has 4 nitrogen and oxygen atoms in total. The van der Waals surface area contributed by atoms with Gasteiger partial charge in [-0.05, 0) is 59.7 Å². The summed E-state index contributed by atoms with van der Waals surface area (Å²) in [5, 5.41) is 3.87. The first-order valence-electron chi connectivity index (χ1n) is 13.7. The van der Waals surface area contributed by atoms with Gasteiger partial charge in [0, 0.05) is 51.5 Å². The average molecular weight is 498 g/mol. The van der Waals surface area contributed by atoms with E-state index >= 15 is 0 Å². The number of likely N-dealkylation sites (tertiary alicyclic amines) is 1. The fraction of sp³-hybridized carbons (Fsp3) is 0.394. The molecule has 3 aromatic rings. The Morgan fingerprint density at radius 1 is 0.919 bits per heavy atom. The minimum atomic E-state index is 0.438. The highest BCUT2D eigenvalue weighted by atomic mass is 16.5. The lowest BCUT2D eigenvalue weighted by Gasteiger charge is -2.43. The Labute approximate surface area is 224 Å². The van der Waals surface area contributed by atoms with Crippen LogP contribution in [0, 0.1) is 5.92 Å². The SMILES string of the molecule is CCC=CC1C(C)C(NCc2ccc(OCc3ccccc3)cc2)CCN1Cc1ccc(N(C)C)cc1. The number of rotatable bonds is 11. The summed E-state index contributed by atoms with van der Waals surface area (Å²) in [6.45, 7) is 8.20. The van der Waals surface area contributed by atoms with Crippen molar-refractivity contribution in [1.82, 2.24) is 10.2 Å². The van der Waals surface area contributed by atoms with Gasteiger partial charge >= 0.3 is 0 Å². The van der Waals surface area contributed by atoms with Crippen LogP contribution in [0.5, 0.6) is 5.75 Å². The van der Waals surface area contributed by atoms with Crippen LogP contribution in [-0.2, 0) is 19.7 Å². The highest BCUT2D eigenvalue weighted by Gasteiger charge is 2.33. The van der Waals surface area contributed by atoms with Crippen LogP contribution in [-0.4, -0.2) is 37.6 Å². The molecule has 0 spiro atoms. The lowest BCUT2D eigenvalue weighted by Crippen LogP contribution is -2.53. The molecule has 4 rings (SSSR count). The highest BCUT2D eigenvalue weighted by Crippen LogP contribution is 2.28.